The highest BCUT2D eigenvalue weighted by atomic mass is 19.3. The third-order valence-electron chi connectivity index (χ3n) is 4.10. The molecule has 0 saturated carbocycles. The molecule has 1 aromatic rings. The lowest BCUT2D eigenvalue weighted by Crippen LogP contribution is -2.37. The number of likely N-dealkylation sites (tertiary alicyclic amines) is 1. The van der Waals surface area contributed by atoms with Gasteiger partial charge in [-0.2, -0.15) is 13.9 Å². The number of carbonyl (C=O) groups is 2. The molecule has 0 aliphatic carbocycles. The molecule has 1 unspecified atom stereocenters. The Morgan fingerprint density at radius 1 is 1.41 bits per heavy atom. The van der Waals surface area contributed by atoms with Crippen molar-refractivity contribution in [2.45, 2.75) is 52.1 Å². The van der Waals surface area contributed by atoms with E-state index in [2.05, 4.69) is 5.10 Å². The normalized spacial score (nSPS) is 18.2. The minimum absolute atomic E-state index is 0.0273. The molecule has 1 aromatic heterocycles. The summed E-state index contributed by atoms with van der Waals surface area (Å²) in [4.78, 5) is 24.8. The highest BCUT2D eigenvalue weighted by Crippen LogP contribution is 2.24. The molecule has 6 nitrogen and oxygen atoms in total. The van der Waals surface area contributed by atoms with Crippen LogP contribution in [0.1, 0.15) is 42.8 Å². The van der Waals surface area contributed by atoms with Crippen LogP contribution in [0.25, 0.3) is 0 Å². The SMILES string of the molecule is Cc1nn(C(F)F)c(C)c1CC(=O)N1CCCC1CC(=O)O. The lowest BCUT2D eigenvalue weighted by Gasteiger charge is -2.23. The maximum Gasteiger partial charge on any atom is 0.333 e. The molecule has 1 aliphatic heterocycles. The molecule has 1 fully saturated rings. The molecule has 2 heterocycles. The highest BCUT2D eigenvalue weighted by Gasteiger charge is 2.31. The van der Waals surface area contributed by atoms with Crippen LogP contribution >= 0.6 is 0 Å². The van der Waals surface area contributed by atoms with Crippen molar-refractivity contribution in [2.75, 3.05) is 6.54 Å². The summed E-state index contributed by atoms with van der Waals surface area (Å²) in [6, 6.07) is -0.309. The van der Waals surface area contributed by atoms with E-state index in [4.69, 9.17) is 5.11 Å². The van der Waals surface area contributed by atoms with Gasteiger partial charge in [-0.05, 0) is 26.7 Å². The predicted molar refractivity (Wildman–Crippen MR) is 73.6 cm³/mol. The first-order chi connectivity index (χ1) is 10.3. The Morgan fingerprint density at radius 2 is 2.09 bits per heavy atom. The molecule has 122 valence electrons. The van der Waals surface area contributed by atoms with Crippen molar-refractivity contribution in [3.63, 3.8) is 0 Å². The fourth-order valence-electron chi connectivity index (χ4n) is 2.97. The average molecular weight is 315 g/mol. The van der Waals surface area contributed by atoms with Gasteiger partial charge < -0.3 is 10.0 Å². The maximum atomic E-state index is 12.8. The van der Waals surface area contributed by atoms with Gasteiger partial charge in [0.25, 0.3) is 0 Å². The summed E-state index contributed by atoms with van der Waals surface area (Å²) >= 11 is 0. The summed E-state index contributed by atoms with van der Waals surface area (Å²) in [7, 11) is 0. The minimum Gasteiger partial charge on any atom is -0.481 e. The molecule has 8 heteroatoms. The molecule has 22 heavy (non-hydrogen) atoms. The van der Waals surface area contributed by atoms with Crippen molar-refractivity contribution >= 4 is 11.9 Å². The quantitative estimate of drug-likeness (QED) is 0.900. The van der Waals surface area contributed by atoms with Crippen molar-refractivity contribution in [1.29, 1.82) is 0 Å². The Labute approximate surface area is 126 Å². The van der Waals surface area contributed by atoms with Gasteiger partial charge in [-0.3, -0.25) is 9.59 Å². The van der Waals surface area contributed by atoms with Crippen LogP contribution in [-0.4, -0.2) is 44.3 Å². The van der Waals surface area contributed by atoms with Gasteiger partial charge in [0.2, 0.25) is 5.91 Å². The zero-order valence-electron chi connectivity index (χ0n) is 12.6. The Bertz CT molecular complexity index is 586. The summed E-state index contributed by atoms with van der Waals surface area (Å²) < 4.78 is 26.2. The zero-order chi connectivity index (χ0) is 16.4. The second-order valence-electron chi connectivity index (χ2n) is 5.53. The van der Waals surface area contributed by atoms with Crippen LogP contribution < -0.4 is 0 Å². The number of hydrogen-bond acceptors (Lipinski definition) is 3. The van der Waals surface area contributed by atoms with Crippen LogP contribution in [0.3, 0.4) is 0 Å². The van der Waals surface area contributed by atoms with Gasteiger partial charge in [0.15, 0.2) is 0 Å². The molecule has 1 saturated heterocycles. The molecular weight excluding hydrogens is 296 g/mol. The number of halogens is 2. The Balaban J connectivity index is 2.13. The monoisotopic (exact) mass is 315 g/mol. The smallest absolute Gasteiger partial charge is 0.333 e. The largest absolute Gasteiger partial charge is 0.481 e. The van der Waals surface area contributed by atoms with Crippen molar-refractivity contribution < 1.29 is 23.5 Å². The Kier molecular flexibility index (Phi) is 4.77. The van der Waals surface area contributed by atoms with Crippen molar-refractivity contribution in [3.05, 3.63) is 17.0 Å². The maximum absolute atomic E-state index is 12.8. The molecular formula is C14H19F2N3O3. The van der Waals surface area contributed by atoms with Crippen LogP contribution in [0.2, 0.25) is 0 Å². The van der Waals surface area contributed by atoms with Gasteiger partial charge in [-0.25, -0.2) is 4.68 Å². The summed E-state index contributed by atoms with van der Waals surface area (Å²) in [5.41, 5.74) is 1.17. The molecule has 1 amide bonds. The van der Waals surface area contributed by atoms with E-state index in [-0.39, 0.29) is 30.5 Å². The van der Waals surface area contributed by atoms with E-state index in [9.17, 15) is 18.4 Å². The molecule has 1 atom stereocenters. The number of aromatic nitrogens is 2. The summed E-state index contributed by atoms with van der Waals surface area (Å²) in [5, 5.41) is 12.6. The molecule has 0 aromatic carbocycles. The van der Waals surface area contributed by atoms with Crippen LogP contribution in [-0.2, 0) is 16.0 Å². The minimum atomic E-state index is -2.74. The Hall–Kier alpha value is -1.99. The number of hydrogen-bond donors (Lipinski definition) is 1. The van der Waals surface area contributed by atoms with Gasteiger partial charge in [0.05, 0.1) is 18.5 Å². The van der Waals surface area contributed by atoms with Crippen molar-refractivity contribution in [2.24, 2.45) is 0 Å². The van der Waals surface area contributed by atoms with Gasteiger partial charge in [-0.15, -0.1) is 0 Å². The first kappa shape index (κ1) is 16.4. The topological polar surface area (TPSA) is 75.4 Å². The second kappa shape index (κ2) is 6.41. The lowest BCUT2D eigenvalue weighted by atomic mass is 10.1. The van der Waals surface area contributed by atoms with E-state index in [0.717, 1.165) is 6.42 Å². The van der Waals surface area contributed by atoms with Crippen LogP contribution in [0, 0.1) is 13.8 Å². The summed E-state index contributed by atoms with van der Waals surface area (Å²) in [6.07, 6.45) is 1.31. The number of rotatable bonds is 5. The lowest BCUT2D eigenvalue weighted by molar-refractivity contribution is -0.139. The van der Waals surface area contributed by atoms with E-state index in [0.29, 0.717) is 28.9 Å². The third kappa shape index (κ3) is 3.26. The van der Waals surface area contributed by atoms with Crippen molar-refractivity contribution in [1.82, 2.24) is 14.7 Å². The number of nitrogens with zero attached hydrogens (tertiary/aromatic N) is 3. The number of carbonyl (C=O) groups excluding carboxylic acids is 1. The van der Waals surface area contributed by atoms with E-state index in [1.807, 2.05) is 0 Å². The predicted octanol–water partition coefficient (Wildman–Crippen LogP) is 1.90. The van der Waals surface area contributed by atoms with Gasteiger partial charge >= 0.3 is 12.5 Å². The summed E-state index contributed by atoms with van der Waals surface area (Å²) in [5.74, 6) is -1.17. The molecule has 0 spiro atoms. The fraction of sp³-hybridized carbons (Fsp3) is 0.643. The van der Waals surface area contributed by atoms with E-state index < -0.39 is 12.5 Å². The highest BCUT2D eigenvalue weighted by molar-refractivity contribution is 5.80. The van der Waals surface area contributed by atoms with Gasteiger partial charge in [0.1, 0.15) is 0 Å². The molecule has 1 N–H and O–H groups in total. The van der Waals surface area contributed by atoms with Crippen LogP contribution in [0.4, 0.5) is 8.78 Å². The standard InChI is InChI=1S/C14H19F2N3O3/c1-8-11(9(2)19(17-8)14(15)16)7-12(20)18-5-3-4-10(18)6-13(21)22/h10,14H,3-7H2,1-2H3,(H,21,22). The molecule has 0 radical (unpaired) electrons. The van der Waals surface area contributed by atoms with E-state index >= 15 is 0 Å². The zero-order valence-corrected chi connectivity index (χ0v) is 12.6. The van der Waals surface area contributed by atoms with E-state index in [1.54, 1.807) is 11.8 Å². The number of aryl methyl sites for hydroxylation is 1. The number of aliphatic carboxylic acids is 1. The Morgan fingerprint density at radius 3 is 2.64 bits per heavy atom. The van der Waals surface area contributed by atoms with Gasteiger partial charge in [-0.1, -0.05) is 0 Å². The number of alkyl halides is 2. The first-order valence-electron chi connectivity index (χ1n) is 7.15. The second-order valence-corrected chi connectivity index (χ2v) is 5.53. The molecule has 1 aliphatic rings. The fourth-order valence-corrected chi connectivity index (χ4v) is 2.97. The molecule has 0 bridgehead atoms. The number of amides is 1. The summed E-state index contributed by atoms with van der Waals surface area (Å²) in [6.45, 7) is 0.868. The average Bonchev–Trinajstić information content (AvgIpc) is 2.97. The molecule has 2 rings (SSSR count). The van der Waals surface area contributed by atoms with Crippen LogP contribution in [0.5, 0.6) is 0 Å². The van der Waals surface area contributed by atoms with Gasteiger partial charge in [0, 0.05) is 23.8 Å². The number of carboxylic acid groups (broad SMARTS) is 1. The number of carboxylic acids is 1. The third-order valence-corrected chi connectivity index (χ3v) is 4.10. The first-order valence-corrected chi connectivity index (χ1v) is 7.15. The van der Waals surface area contributed by atoms with Crippen LogP contribution in [0.15, 0.2) is 0 Å². The van der Waals surface area contributed by atoms with Crippen molar-refractivity contribution in [3.8, 4) is 0 Å². The van der Waals surface area contributed by atoms with E-state index in [1.165, 1.54) is 6.92 Å².